The van der Waals surface area contributed by atoms with Crippen molar-refractivity contribution in [3.05, 3.63) is 52.0 Å². The van der Waals surface area contributed by atoms with Crippen LogP contribution < -0.4 is 0 Å². The minimum atomic E-state index is 0.156. The molecular weight excluding hydrogens is 344 g/mol. The molecule has 20 heavy (non-hydrogen) atoms. The molecule has 0 radical (unpaired) electrons. The summed E-state index contributed by atoms with van der Waals surface area (Å²) in [7, 11) is 0. The Bertz CT molecular complexity index is 773. The molecule has 0 atom stereocenters. The Hall–Kier alpha value is -1.85. The fourth-order valence-electron chi connectivity index (χ4n) is 1.73. The van der Waals surface area contributed by atoms with Crippen LogP contribution in [0, 0.1) is 0 Å². The zero-order valence-corrected chi connectivity index (χ0v) is 12.4. The van der Waals surface area contributed by atoms with Crippen molar-refractivity contribution in [2.45, 2.75) is 0 Å². The number of hydrogen-bond acceptors (Lipinski definition) is 4. The third kappa shape index (κ3) is 2.55. The molecule has 1 N–H and O–H groups in total. The molecule has 3 rings (SSSR count). The predicted molar refractivity (Wildman–Crippen MR) is 79.5 cm³/mol. The van der Waals surface area contributed by atoms with E-state index in [1.165, 1.54) is 0 Å². The third-order valence-electron chi connectivity index (χ3n) is 2.70. The number of benzene rings is 2. The molecule has 100 valence electrons. The molecule has 0 aliphatic carbocycles. The molecule has 0 unspecified atom stereocenters. The second-order valence-electron chi connectivity index (χ2n) is 4.10. The van der Waals surface area contributed by atoms with Crippen molar-refractivity contribution < 1.29 is 9.63 Å². The second kappa shape index (κ2) is 5.26. The molecule has 0 saturated carbocycles. The van der Waals surface area contributed by atoms with Crippen molar-refractivity contribution in [1.29, 1.82) is 0 Å². The van der Waals surface area contributed by atoms with Crippen LogP contribution >= 0.6 is 27.5 Å². The summed E-state index contributed by atoms with van der Waals surface area (Å²) >= 11 is 9.30. The molecule has 1 heterocycles. The second-order valence-corrected chi connectivity index (χ2v) is 5.36. The van der Waals surface area contributed by atoms with Crippen molar-refractivity contribution >= 4 is 27.5 Å². The Morgan fingerprint density at radius 3 is 2.70 bits per heavy atom. The van der Waals surface area contributed by atoms with Gasteiger partial charge in [0.25, 0.3) is 5.89 Å². The van der Waals surface area contributed by atoms with Gasteiger partial charge in [-0.2, -0.15) is 4.98 Å². The summed E-state index contributed by atoms with van der Waals surface area (Å²) < 4.78 is 5.99. The van der Waals surface area contributed by atoms with Crippen LogP contribution in [-0.4, -0.2) is 15.2 Å². The third-order valence-corrected chi connectivity index (χ3v) is 3.91. The Morgan fingerprint density at radius 2 is 1.95 bits per heavy atom. The van der Waals surface area contributed by atoms with Crippen molar-refractivity contribution in [3.63, 3.8) is 0 Å². The van der Waals surface area contributed by atoms with Crippen LogP contribution in [0.5, 0.6) is 5.75 Å². The number of halogens is 2. The number of hydrogen-bond donors (Lipinski definition) is 1. The minimum absolute atomic E-state index is 0.156. The standard InChI is InChI=1S/C14H8BrClN2O2/c15-11-7-9(4-5-12(11)16)14-17-13(18-20-14)8-2-1-3-10(19)6-8/h1-7,19H. The van der Waals surface area contributed by atoms with Crippen molar-refractivity contribution in [3.8, 4) is 28.6 Å². The highest BCUT2D eigenvalue weighted by Gasteiger charge is 2.12. The van der Waals surface area contributed by atoms with Gasteiger partial charge in [-0.3, -0.25) is 0 Å². The van der Waals surface area contributed by atoms with Gasteiger partial charge >= 0.3 is 0 Å². The molecule has 0 amide bonds. The van der Waals surface area contributed by atoms with Crippen LogP contribution in [0.4, 0.5) is 0 Å². The molecule has 2 aromatic carbocycles. The van der Waals surface area contributed by atoms with Gasteiger partial charge in [0.2, 0.25) is 5.82 Å². The summed E-state index contributed by atoms with van der Waals surface area (Å²) in [5.41, 5.74) is 1.45. The van der Waals surface area contributed by atoms with E-state index >= 15 is 0 Å². The predicted octanol–water partition coefficient (Wildman–Crippen LogP) is 4.53. The topological polar surface area (TPSA) is 59.2 Å². The highest BCUT2D eigenvalue weighted by atomic mass is 79.9. The van der Waals surface area contributed by atoms with Gasteiger partial charge in [-0.25, -0.2) is 0 Å². The summed E-state index contributed by atoms with van der Waals surface area (Å²) in [6, 6.07) is 12.0. The maximum absolute atomic E-state index is 9.46. The zero-order chi connectivity index (χ0) is 14.1. The van der Waals surface area contributed by atoms with Crippen LogP contribution in [0.3, 0.4) is 0 Å². The number of rotatable bonds is 2. The van der Waals surface area contributed by atoms with Crippen molar-refractivity contribution in [2.75, 3.05) is 0 Å². The lowest BCUT2D eigenvalue weighted by atomic mass is 10.2. The zero-order valence-electron chi connectivity index (χ0n) is 10.0. The molecule has 6 heteroatoms. The van der Waals surface area contributed by atoms with E-state index in [2.05, 4.69) is 26.1 Å². The number of phenols is 1. The van der Waals surface area contributed by atoms with Gasteiger partial charge < -0.3 is 9.63 Å². The molecule has 0 saturated heterocycles. The van der Waals surface area contributed by atoms with Crippen molar-refractivity contribution in [2.24, 2.45) is 0 Å². The summed E-state index contributed by atoms with van der Waals surface area (Å²) in [5.74, 6) is 0.964. The molecule has 1 aromatic heterocycles. The van der Waals surface area contributed by atoms with Gasteiger partial charge in [-0.05, 0) is 46.3 Å². The maximum Gasteiger partial charge on any atom is 0.258 e. The van der Waals surface area contributed by atoms with Crippen LogP contribution in [0.15, 0.2) is 51.5 Å². The van der Waals surface area contributed by atoms with E-state index in [1.54, 1.807) is 36.4 Å². The number of phenolic OH excluding ortho intramolecular Hbond substituents is 1. The lowest BCUT2D eigenvalue weighted by molar-refractivity contribution is 0.432. The van der Waals surface area contributed by atoms with E-state index in [-0.39, 0.29) is 5.75 Å². The first-order valence-corrected chi connectivity index (χ1v) is 6.89. The lowest BCUT2D eigenvalue weighted by Gasteiger charge is -1.97. The van der Waals surface area contributed by atoms with Crippen LogP contribution in [-0.2, 0) is 0 Å². The SMILES string of the molecule is Oc1cccc(-c2noc(-c3ccc(Cl)c(Br)c3)n2)c1. The molecule has 0 aliphatic heterocycles. The van der Waals surface area contributed by atoms with E-state index in [4.69, 9.17) is 16.1 Å². The Kier molecular flexibility index (Phi) is 3.46. The number of nitrogens with zero attached hydrogens (tertiary/aromatic N) is 2. The first kappa shape index (κ1) is 13.1. The van der Waals surface area contributed by atoms with E-state index in [1.807, 2.05) is 6.07 Å². The first-order chi connectivity index (χ1) is 9.63. The fourth-order valence-corrected chi connectivity index (χ4v) is 2.23. The van der Waals surface area contributed by atoms with Crippen LogP contribution in [0.25, 0.3) is 22.8 Å². The Balaban J connectivity index is 1.99. The number of aromatic nitrogens is 2. The molecular formula is C14H8BrClN2O2. The smallest absolute Gasteiger partial charge is 0.258 e. The molecule has 0 aliphatic rings. The molecule has 4 nitrogen and oxygen atoms in total. The van der Waals surface area contributed by atoms with E-state index in [9.17, 15) is 5.11 Å². The average Bonchev–Trinajstić information content (AvgIpc) is 2.92. The summed E-state index contributed by atoms with van der Waals surface area (Å²) in [5, 5.41) is 14.0. The molecule has 0 bridgehead atoms. The Morgan fingerprint density at radius 1 is 1.10 bits per heavy atom. The highest BCUT2D eigenvalue weighted by molar-refractivity contribution is 9.10. The fraction of sp³-hybridized carbons (Fsp3) is 0. The van der Waals surface area contributed by atoms with Gasteiger partial charge in [-0.1, -0.05) is 28.9 Å². The van der Waals surface area contributed by atoms with E-state index in [0.717, 1.165) is 10.0 Å². The minimum Gasteiger partial charge on any atom is -0.508 e. The van der Waals surface area contributed by atoms with Crippen molar-refractivity contribution in [1.82, 2.24) is 10.1 Å². The van der Waals surface area contributed by atoms with Crippen LogP contribution in [0.1, 0.15) is 0 Å². The largest absolute Gasteiger partial charge is 0.508 e. The highest BCUT2D eigenvalue weighted by Crippen LogP contribution is 2.29. The quantitative estimate of drug-likeness (QED) is 0.737. The van der Waals surface area contributed by atoms with Gasteiger partial charge in [0.05, 0.1) is 5.02 Å². The average molecular weight is 352 g/mol. The van der Waals surface area contributed by atoms with E-state index < -0.39 is 0 Å². The lowest BCUT2D eigenvalue weighted by Crippen LogP contribution is -1.81. The Labute approximate surface area is 128 Å². The number of aromatic hydroxyl groups is 1. The first-order valence-electron chi connectivity index (χ1n) is 5.72. The van der Waals surface area contributed by atoms with Gasteiger partial charge in [0, 0.05) is 15.6 Å². The molecule has 3 aromatic rings. The van der Waals surface area contributed by atoms with Gasteiger partial charge in [-0.15, -0.1) is 0 Å². The van der Waals surface area contributed by atoms with E-state index in [0.29, 0.717) is 22.3 Å². The normalized spacial score (nSPS) is 10.7. The monoisotopic (exact) mass is 350 g/mol. The van der Waals surface area contributed by atoms with Gasteiger partial charge in [0.1, 0.15) is 5.75 Å². The molecule has 0 fully saturated rings. The summed E-state index contributed by atoms with van der Waals surface area (Å²) in [4.78, 5) is 4.31. The molecule has 0 spiro atoms. The van der Waals surface area contributed by atoms with Crippen LogP contribution in [0.2, 0.25) is 5.02 Å². The van der Waals surface area contributed by atoms with Gasteiger partial charge in [0.15, 0.2) is 0 Å². The summed E-state index contributed by atoms with van der Waals surface area (Å²) in [6.07, 6.45) is 0. The maximum atomic E-state index is 9.46. The summed E-state index contributed by atoms with van der Waals surface area (Å²) in [6.45, 7) is 0.